The van der Waals surface area contributed by atoms with E-state index < -0.39 is 0 Å². The number of aldehydes is 1. The Morgan fingerprint density at radius 3 is 2.88 bits per heavy atom. The molecule has 0 saturated carbocycles. The Balaban J connectivity index is 2.10. The molecule has 2 nitrogen and oxygen atoms in total. The summed E-state index contributed by atoms with van der Waals surface area (Å²) < 4.78 is 0. The van der Waals surface area contributed by atoms with Crippen LogP contribution in [0.5, 0.6) is 0 Å². The van der Waals surface area contributed by atoms with Crippen molar-refractivity contribution in [3.8, 4) is 0 Å². The molecule has 1 heterocycles. The van der Waals surface area contributed by atoms with Gasteiger partial charge in [-0.3, -0.25) is 4.79 Å². The number of hydrogen-bond acceptors (Lipinski definition) is 1. The third-order valence-electron chi connectivity index (χ3n) is 3.22. The number of benzene rings is 1. The van der Waals surface area contributed by atoms with Crippen LogP contribution in [0.4, 0.5) is 0 Å². The van der Waals surface area contributed by atoms with Gasteiger partial charge < -0.3 is 4.98 Å². The Kier molecular flexibility index (Phi) is 3.97. The molecule has 0 saturated heterocycles. The van der Waals surface area contributed by atoms with Gasteiger partial charge in [-0.2, -0.15) is 0 Å². The van der Waals surface area contributed by atoms with Crippen LogP contribution in [0, 0.1) is 0 Å². The molecule has 0 amide bonds. The number of hydrogen-bond donors (Lipinski definition) is 1. The van der Waals surface area contributed by atoms with E-state index in [2.05, 4.69) is 11.9 Å². The van der Waals surface area contributed by atoms with Crippen molar-refractivity contribution in [1.82, 2.24) is 4.98 Å². The third kappa shape index (κ3) is 2.76. The van der Waals surface area contributed by atoms with Gasteiger partial charge in [0.15, 0.2) is 0 Å². The van der Waals surface area contributed by atoms with Gasteiger partial charge >= 0.3 is 0 Å². The average Bonchev–Trinajstić information content (AvgIpc) is 2.77. The van der Waals surface area contributed by atoms with Crippen molar-refractivity contribution in [2.24, 2.45) is 0 Å². The molecule has 1 N–H and O–H groups in total. The van der Waals surface area contributed by atoms with E-state index in [1.807, 2.05) is 24.4 Å². The number of aryl methyl sites for hydroxylation is 1. The van der Waals surface area contributed by atoms with Gasteiger partial charge in [-0.05, 0) is 18.9 Å². The zero-order valence-corrected chi connectivity index (χ0v) is 10.3. The van der Waals surface area contributed by atoms with Crippen LogP contribution >= 0.6 is 0 Å². The number of fused-ring (bicyclic) bond motifs is 1. The average molecular weight is 229 g/mol. The summed E-state index contributed by atoms with van der Waals surface area (Å²) in [6.07, 6.45) is 9.11. The van der Waals surface area contributed by atoms with Gasteiger partial charge in [0.25, 0.3) is 0 Å². The molecule has 2 heteroatoms. The summed E-state index contributed by atoms with van der Waals surface area (Å²) in [6, 6.07) is 5.87. The molecule has 0 atom stereocenters. The van der Waals surface area contributed by atoms with Crippen LogP contribution in [0.1, 0.15) is 48.7 Å². The Labute approximate surface area is 102 Å². The molecule has 2 aromatic rings. The fourth-order valence-electron chi connectivity index (χ4n) is 2.23. The second kappa shape index (κ2) is 5.67. The van der Waals surface area contributed by atoms with Gasteiger partial charge in [-0.15, -0.1) is 0 Å². The van der Waals surface area contributed by atoms with Crippen LogP contribution in [0.3, 0.4) is 0 Å². The van der Waals surface area contributed by atoms with E-state index in [1.54, 1.807) is 0 Å². The molecular formula is C15H19NO. The predicted molar refractivity (Wildman–Crippen MR) is 71.5 cm³/mol. The molecular weight excluding hydrogens is 210 g/mol. The van der Waals surface area contributed by atoms with Crippen LogP contribution in [-0.2, 0) is 6.42 Å². The highest BCUT2D eigenvalue weighted by molar-refractivity contribution is 5.90. The molecule has 17 heavy (non-hydrogen) atoms. The Hall–Kier alpha value is -1.57. The van der Waals surface area contributed by atoms with E-state index in [4.69, 9.17) is 0 Å². The zero-order chi connectivity index (χ0) is 12.1. The van der Waals surface area contributed by atoms with Gasteiger partial charge in [0, 0.05) is 28.2 Å². The molecule has 1 aromatic heterocycles. The molecule has 0 unspecified atom stereocenters. The summed E-state index contributed by atoms with van der Waals surface area (Å²) in [5.74, 6) is 0. The summed E-state index contributed by atoms with van der Waals surface area (Å²) >= 11 is 0. The maximum atomic E-state index is 10.7. The first kappa shape index (κ1) is 11.9. The van der Waals surface area contributed by atoms with Crippen LogP contribution in [0.15, 0.2) is 24.4 Å². The predicted octanol–water partition coefficient (Wildman–Crippen LogP) is 4.10. The Morgan fingerprint density at radius 2 is 2.12 bits per heavy atom. The fraction of sp³-hybridized carbons (Fsp3) is 0.400. The van der Waals surface area contributed by atoms with Crippen molar-refractivity contribution < 1.29 is 4.79 Å². The molecule has 0 spiro atoms. The van der Waals surface area contributed by atoms with Crippen molar-refractivity contribution in [3.05, 3.63) is 35.7 Å². The second-order valence-electron chi connectivity index (χ2n) is 4.54. The fourth-order valence-corrected chi connectivity index (χ4v) is 2.23. The number of nitrogens with one attached hydrogen (secondary N) is 1. The quantitative estimate of drug-likeness (QED) is 0.587. The van der Waals surface area contributed by atoms with E-state index in [9.17, 15) is 4.79 Å². The van der Waals surface area contributed by atoms with E-state index >= 15 is 0 Å². The minimum atomic E-state index is 0.744. The van der Waals surface area contributed by atoms with Gasteiger partial charge in [-0.25, -0.2) is 0 Å². The monoisotopic (exact) mass is 229 g/mol. The van der Waals surface area contributed by atoms with Crippen molar-refractivity contribution in [2.75, 3.05) is 0 Å². The maximum Gasteiger partial charge on any atom is 0.150 e. The summed E-state index contributed by atoms with van der Waals surface area (Å²) in [4.78, 5) is 14.0. The standard InChI is InChI=1S/C15H19NO/c1-2-3-4-5-6-15-14-8-7-12(11-17)9-13(14)10-16-15/h7-11,16H,2-6H2,1H3. The molecule has 0 aliphatic carbocycles. The first-order chi connectivity index (χ1) is 8.35. The van der Waals surface area contributed by atoms with Gasteiger partial charge in [0.05, 0.1) is 0 Å². The largest absolute Gasteiger partial charge is 0.364 e. The summed E-state index contributed by atoms with van der Waals surface area (Å²) in [5, 5.41) is 2.40. The Morgan fingerprint density at radius 1 is 1.24 bits per heavy atom. The lowest BCUT2D eigenvalue weighted by molar-refractivity contribution is 0.112. The van der Waals surface area contributed by atoms with E-state index in [0.29, 0.717) is 0 Å². The zero-order valence-electron chi connectivity index (χ0n) is 10.3. The number of unbranched alkanes of at least 4 members (excludes halogenated alkanes) is 3. The minimum absolute atomic E-state index is 0.744. The smallest absolute Gasteiger partial charge is 0.150 e. The number of carbonyl (C=O) groups is 1. The number of carbonyl (C=O) groups excluding carboxylic acids is 1. The van der Waals surface area contributed by atoms with Crippen LogP contribution in [0.2, 0.25) is 0 Å². The van der Waals surface area contributed by atoms with Crippen molar-refractivity contribution >= 4 is 17.1 Å². The molecule has 0 aliphatic heterocycles. The highest BCUT2D eigenvalue weighted by atomic mass is 16.1. The lowest BCUT2D eigenvalue weighted by Gasteiger charge is -2.00. The van der Waals surface area contributed by atoms with Gasteiger partial charge in [0.2, 0.25) is 0 Å². The Bertz CT molecular complexity index is 499. The molecule has 0 aliphatic rings. The minimum Gasteiger partial charge on any atom is -0.364 e. The van der Waals surface area contributed by atoms with Crippen molar-refractivity contribution in [2.45, 2.75) is 39.0 Å². The summed E-state index contributed by atoms with van der Waals surface area (Å²) in [7, 11) is 0. The SMILES string of the molecule is CCCCCCc1[nH]cc2cc(C=O)ccc12. The number of aromatic amines is 1. The third-order valence-corrected chi connectivity index (χ3v) is 3.22. The number of rotatable bonds is 6. The highest BCUT2D eigenvalue weighted by Gasteiger charge is 2.03. The van der Waals surface area contributed by atoms with E-state index in [0.717, 1.165) is 23.7 Å². The van der Waals surface area contributed by atoms with Crippen molar-refractivity contribution in [3.63, 3.8) is 0 Å². The maximum absolute atomic E-state index is 10.7. The van der Waals surface area contributed by atoms with Crippen LogP contribution in [0.25, 0.3) is 10.8 Å². The van der Waals surface area contributed by atoms with E-state index in [-0.39, 0.29) is 0 Å². The molecule has 2 rings (SSSR count). The van der Waals surface area contributed by atoms with Crippen LogP contribution < -0.4 is 0 Å². The highest BCUT2D eigenvalue weighted by Crippen LogP contribution is 2.21. The van der Waals surface area contributed by atoms with Gasteiger partial charge in [0.1, 0.15) is 6.29 Å². The lowest BCUT2D eigenvalue weighted by atomic mass is 10.1. The first-order valence-corrected chi connectivity index (χ1v) is 6.40. The summed E-state index contributed by atoms with van der Waals surface area (Å²) in [5.41, 5.74) is 2.04. The number of aromatic nitrogens is 1. The normalized spacial score (nSPS) is 10.9. The topological polar surface area (TPSA) is 32.9 Å². The molecule has 0 bridgehead atoms. The van der Waals surface area contributed by atoms with E-state index in [1.165, 1.54) is 36.8 Å². The molecule has 1 aromatic carbocycles. The van der Waals surface area contributed by atoms with Crippen LogP contribution in [-0.4, -0.2) is 11.3 Å². The lowest BCUT2D eigenvalue weighted by Crippen LogP contribution is -1.87. The number of H-pyrrole nitrogens is 1. The summed E-state index contributed by atoms with van der Waals surface area (Å²) in [6.45, 7) is 2.23. The molecule has 0 fully saturated rings. The van der Waals surface area contributed by atoms with Crippen molar-refractivity contribution in [1.29, 1.82) is 0 Å². The first-order valence-electron chi connectivity index (χ1n) is 6.40. The molecule has 90 valence electrons. The molecule has 0 radical (unpaired) electrons. The van der Waals surface area contributed by atoms with Gasteiger partial charge in [-0.1, -0.05) is 38.3 Å². The second-order valence-corrected chi connectivity index (χ2v) is 4.54.